The Balaban J connectivity index is 1.73. The van der Waals surface area contributed by atoms with Gasteiger partial charge in [-0.1, -0.05) is 24.3 Å². The van der Waals surface area contributed by atoms with Crippen molar-refractivity contribution in [3.05, 3.63) is 55.7 Å². The highest BCUT2D eigenvalue weighted by molar-refractivity contribution is 9.11. The largest absolute Gasteiger partial charge is 0.306 e. The van der Waals surface area contributed by atoms with E-state index in [1.165, 1.54) is 39.7 Å². The number of halogens is 1. The normalized spacial score (nSPS) is 18.3. The fraction of sp³-hybridized carbons (Fsp3) is 0.375. The molecule has 1 aromatic heterocycles. The third-order valence-electron chi connectivity index (χ3n) is 3.88. The maximum Gasteiger partial charge on any atom is 0.0704 e. The summed E-state index contributed by atoms with van der Waals surface area (Å²) < 4.78 is 1.27. The van der Waals surface area contributed by atoms with Gasteiger partial charge in [-0.3, -0.25) is 0 Å². The van der Waals surface area contributed by atoms with Gasteiger partial charge in [-0.25, -0.2) is 0 Å². The van der Waals surface area contributed by atoms with Gasteiger partial charge in [0.25, 0.3) is 0 Å². The van der Waals surface area contributed by atoms with E-state index < -0.39 is 0 Å². The fourth-order valence-corrected chi connectivity index (χ4v) is 4.59. The van der Waals surface area contributed by atoms with Gasteiger partial charge in [0.1, 0.15) is 0 Å². The average Bonchev–Trinajstić information content (AvgIpc) is 2.78. The summed E-state index contributed by atoms with van der Waals surface area (Å²) in [6.07, 6.45) is 3.79. The van der Waals surface area contributed by atoms with E-state index in [1.54, 1.807) is 4.88 Å². The number of fused-ring (bicyclic) bond motifs is 1. The first kappa shape index (κ1) is 13.3. The minimum atomic E-state index is 0.519. The zero-order chi connectivity index (χ0) is 13.2. The number of thiophene rings is 1. The van der Waals surface area contributed by atoms with Gasteiger partial charge in [-0.05, 0) is 64.9 Å². The lowest BCUT2D eigenvalue weighted by Crippen LogP contribution is -2.24. The van der Waals surface area contributed by atoms with Gasteiger partial charge in [0.05, 0.1) is 3.79 Å². The molecule has 19 heavy (non-hydrogen) atoms. The second kappa shape index (κ2) is 5.78. The van der Waals surface area contributed by atoms with Gasteiger partial charge in [-0.15, -0.1) is 11.3 Å². The molecule has 0 amide bonds. The number of benzene rings is 1. The second-order valence-electron chi connectivity index (χ2n) is 5.18. The van der Waals surface area contributed by atoms with Crippen LogP contribution in [-0.2, 0) is 13.0 Å². The standard InChI is InChI=1S/C16H18BrNS/c1-11-5-2-3-6-12(11)10-18-14-7-4-8-15-13(14)9-16(17)19-15/h2-3,5-6,9,14,18H,4,7-8,10H2,1H3. The summed E-state index contributed by atoms with van der Waals surface area (Å²) >= 11 is 5.51. The second-order valence-corrected chi connectivity index (χ2v) is 7.70. The lowest BCUT2D eigenvalue weighted by atomic mass is 9.94. The predicted molar refractivity (Wildman–Crippen MR) is 85.7 cm³/mol. The number of hydrogen-bond donors (Lipinski definition) is 1. The van der Waals surface area contributed by atoms with Crippen LogP contribution in [0.3, 0.4) is 0 Å². The molecule has 1 N–H and O–H groups in total. The minimum Gasteiger partial charge on any atom is -0.306 e. The van der Waals surface area contributed by atoms with Crippen LogP contribution in [-0.4, -0.2) is 0 Å². The van der Waals surface area contributed by atoms with E-state index in [-0.39, 0.29) is 0 Å². The molecule has 1 heterocycles. The predicted octanol–water partition coefficient (Wildman–Crippen LogP) is 4.99. The Morgan fingerprint density at radius 2 is 2.21 bits per heavy atom. The van der Waals surface area contributed by atoms with Crippen LogP contribution in [0, 0.1) is 6.92 Å². The van der Waals surface area contributed by atoms with E-state index in [1.807, 2.05) is 11.3 Å². The maximum atomic E-state index is 3.73. The summed E-state index contributed by atoms with van der Waals surface area (Å²) in [5.74, 6) is 0. The molecule has 2 aromatic rings. The van der Waals surface area contributed by atoms with Crippen LogP contribution in [0.2, 0.25) is 0 Å². The summed E-state index contributed by atoms with van der Waals surface area (Å²) in [4.78, 5) is 1.56. The SMILES string of the molecule is Cc1ccccc1CNC1CCCc2sc(Br)cc21. The maximum absolute atomic E-state index is 3.73. The first-order valence-corrected chi connectivity index (χ1v) is 8.41. The Morgan fingerprint density at radius 1 is 1.37 bits per heavy atom. The minimum absolute atomic E-state index is 0.519. The highest BCUT2D eigenvalue weighted by Crippen LogP contribution is 2.38. The third kappa shape index (κ3) is 2.93. The van der Waals surface area contributed by atoms with Gasteiger partial charge in [0, 0.05) is 17.5 Å². The lowest BCUT2D eigenvalue weighted by molar-refractivity contribution is 0.462. The molecule has 0 radical (unpaired) electrons. The van der Waals surface area contributed by atoms with Crippen LogP contribution in [0.1, 0.15) is 40.5 Å². The monoisotopic (exact) mass is 335 g/mol. The fourth-order valence-electron chi connectivity index (χ4n) is 2.77. The molecule has 100 valence electrons. The van der Waals surface area contributed by atoms with Crippen LogP contribution in [0.25, 0.3) is 0 Å². The molecule has 1 aromatic carbocycles. The van der Waals surface area contributed by atoms with E-state index in [2.05, 4.69) is 58.5 Å². The molecule has 1 atom stereocenters. The van der Waals surface area contributed by atoms with Crippen molar-refractivity contribution in [1.82, 2.24) is 5.32 Å². The molecule has 0 spiro atoms. The first-order chi connectivity index (χ1) is 9.24. The van der Waals surface area contributed by atoms with E-state index in [0.29, 0.717) is 6.04 Å². The average molecular weight is 336 g/mol. The van der Waals surface area contributed by atoms with Crippen molar-refractivity contribution in [3.8, 4) is 0 Å². The smallest absolute Gasteiger partial charge is 0.0704 e. The van der Waals surface area contributed by atoms with Crippen molar-refractivity contribution in [2.24, 2.45) is 0 Å². The van der Waals surface area contributed by atoms with Crippen LogP contribution < -0.4 is 5.32 Å². The molecule has 0 fully saturated rings. The molecule has 1 nitrogen and oxygen atoms in total. The number of aryl methyl sites for hydroxylation is 2. The molecule has 3 rings (SSSR count). The van der Waals surface area contributed by atoms with Crippen molar-refractivity contribution >= 4 is 27.3 Å². The molecule has 0 bridgehead atoms. The van der Waals surface area contributed by atoms with Gasteiger partial charge in [0.2, 0.25) is 0 Å². The summed E-state index contributed by atoms with van der Waals surface area (Å²) in [5.41, 5.74) is 4.29. The molecular formula is C16H18BrNS. The van der Waals surface area contributed by atoms with E-state index >= 15 is 0 Å². The molecule has 0 saturated carbocycles. The molecular weight excluding hydrogens is 318 g/mol. The highest BCUT2D eigenvalue weighted by Gasteiger charge is 2.22. The van der Waals surface area contributed by atoms with Crippen LogP contribution in [0.4, 0.5) is 0 Å². The quantitative estimate of drug-likeness (QED) is 0.833. The van der Waals surface area contributed by atoms with E-state index in [0.717, 1.165) is 6.54 Å². The summed E-state index contributed by atoms with van der Waals surface area (Å²) in [7, 11) is 0. The van der Waals surface area contributed by atoms with Crippen LogP contribution >= 0.6 is 27.3 Å². The summed E-state index contributed by atoms with van der Waals surface area (Å²) in [5, 5.41) is 3.73. The van der Waals surface area contributed by atoms with Crippen molar-refractivity contribution in [2.45, 2.75) is 38.8 Å². The van der Waals surface area contributed by atoms with Gasteiger partial charge < -0.3 is 5.32 Å². The summed E-state index contributed by atoms with van der Waals surface area (Å²) in [6.45, 7) is 3.15. The van der Waals surface area contributed by atoms with Crippen molar-refractivity contribution in [1.29, 1.82) is 0 Å². The third-order valence-corrected chi connectivity index (χ3v) is 5.60. The number of nitrogens with one attached hydrogen (secondary N) is 1. The van der Waals surface area contributed by atoms with Crippen molar-refractivity contribution in [3.63, 3.8) is 0 Å². The molecule has 1 aliphatic rings. The molecule has 0 saturated heterocycles. The zero-order valence-corrected chi connectivity index (χ0v) is 13.5. The van der Waals surface area contributed by atoms with Gasteiger partial charge >= 0.3 is 0 Å². The van der Waals surface area contributed by atoms with Gasteiger partial charge in [-0.2, -0.15) is 0 Å². The van der Waals surface area contributed by atoms with Crippen molar-refractivity contribution < 1.29 is 0 Å². The molecule has 1 unspecified atom stereocenters. The molecule has 0 aliphatic heterocycles. The Kier molecular flexibility index (Phi) is 4.06. The number of hydrogen-bond acceptors (Lipinski definition) is 2. The molecule has 3 heteroatoms. The first-order valence-electron chi connectivity index (χ1n) is 6.80. The lowest BCUT2D eigenvalue weighted by Gasteiger charge is -2.24. The Morgan fingerprint density at radius 3 is 3.05 bits per heavy atom. The van der Waals surface area contributed by atoms with Gasteiger partial charge in [0.15, 0.2) is 0 Å². The zero-order valence-electron chi connectivity index (χ0n) is 11.1. The highest BCUT2D eigenvalue weighted by atomic mass is 79.9. The Labute approximate surface area is 127 Å². The summed E-state index contributed by atoms with van der Waals surface area (Å²) in [6, 6.07) is 11.4. The Bertz CT molecular complexity index is 576. The van der Waals surface area contributed by atoms with E-state index in [4.69, 9.17) is 0 Å². The van der Waals surface area contributed by atoms with Crippen LogP contribution in [0.15, 0.2) is 34.1 Å². The number of rotatable bonds is 3. The van der Waals surface area contributed by atoms with Crippen molar-refractivity contribution in [2.75, 3.05) is 0 Å². The topological polar surface area (TPSA) is 12.0 Å². The Hall–Kier alpha value is -0.640. The van der Waals surface area contributed by atoms with E-state index in [9.17, 15) is 0 Å². The van der Waals surface area contributed by atoms with Crippen LogP contribution in [0.5, 0.6) is 0 Å². The molecule has 1 aliphatic carbocycles.